The van der Waals surface area contributed by atoms with Gasteiger partial charge in [-0.2, -0.15) is 0 Å². The van der Waals surface area contributed by atoms with Crippen LogP contribution in [0.5, 0.6) is 11.6 Å². The first-order valence-electron chi connectivity index (χ1n) is 13.8. The first kappa shape index (κ1) is 26.2. The van der Waals surface area contributed by atoms with Crippen LogP contribution in [0.25, 0.3) is 11.1 Å². The lowest BCUT2D eigenvalue weighted by atomic mass is 9.90. The van der Waals surface area contributed by atoms with Gasteiger partial charge in [-0.1, -0.05) is 37.6 Å². The molecule has 0 saturated carbocycles. The van der Waals surface area contributed by atoms with Gasteiger partial charge in [0.2, 0.25) is 5.88 Å². The molecule has 3 aromatic rings. The molecule has 1 saturated heterocycles. The summed E-state index contributed by atoms with van der Waals surface area (Å²) in [6, 6.07) is 17.5. The number of fused-ring (bicyclic) bond motifs is 1. The highest BCUT2D eigenvalue weighted by atomic mass is 16.5. The van der Waals surface area contributed by atoms with Crippen LogP contribution in [0.4, 0.5) is 0 Å². The number of nitrogens with zero attached hydrogens (tertiary/aromatic N) is 2. The van der Waals surface area contributed by atoms with Crippen LogP contribution in [0.3, 0.4) is 0 Å². The van der Waals surface area contributed by atoms with E-state index in [1.54, 1.807) is 20.2 Å². The van der Waals surface area contributed by atoms with E-state index in [4.69, 9.17) is 9.47 Å². The number of piperidine rings is 1. The molecule has 2 aliphatic rings. The summed E-state index contributed by atoms with van der Waals surface area (Å²) in [7, 11) is 1.64. The van der Waals surface area contributed by atoms with Gasteiger partial charge in [-0.25, -0.2) is 4.98 Å². The molecule has 3 atom stereocenters. The molecule has 3 heterocycles. The van der Waals surface area contributed by atoms with Crippen molar-refractivity contribution in [2.45, 2.75) is 71.1 Å². The Hall–Kier alpha value is -3.38. The van der Waals surface area contributed by atoms with E-state index in [1.807, 2.05) is 24.3 Å². The molecular formula is C32H38N2O4. The number of aromatic nitrogens is 1. The number of hydrogen-bond acceptors (Lipinski definition) is 5. The maximum atomic E-state index is 11.4. The Bertz CT molecular complexity index is 1290. The Kier molecular flexibility index (Phi) is 7.98. The average Bonchev–Trinajstić information content (AvgIpc) is 2.94. The molecule has 0 amide bonds. The van der Waals surface area contributed by atoms with Gasteiger partial charge < -0.3 is 14.6 Å². The predicted octanol–water partition coefficient (Wildman–Crippen LogP) is 6.46. The molecule has 5 rings (SSSR count). The normalized spacial score (nSPS) is 20.3. The van der Waals surface area contributed by atoms with E-state index in [9.17, 15) is 9.90 Å². The standard InChI is InChI=1S/C32H38N2O4/c1-21(32(35)36)16-23-7-8-24-10-12-29(38-30(24)17-23)28-11-9-25(26-13-14-33-31(19-26)37-3)18-27(28)20-34-15-5-4-6-22(34)2/h7-9,11,13-14,17-19,21-22,29H,4-6,10,12,15-16,20H2,1-3H3,(H,35,36)/t21?,22-,29?/m0/s1. The summed E-state index contributed by atoms with van der Waals surface area (Å²) in [5, 5.41) is 9.34. The number of benzene rings is 2. The van der Waals surface area contributed by atoms with E-state index in [0.717, 1.165) is 48.4 Å². The summed E-state index contributed by atoms with van der Waals surface area (Å²) >= 11 is 0. The number of carboxylic acids is 1. The molecule has 6 heteroatoms. The Morgan fingerprint density at radius 2 is 1.97 bits per heavy atom. The minimum Gasteiger partial charge on any atom is -0.485 e. The number of methoxy groups -OCH3 is 1. The van der Waals surface area contributed by atoms with Crippen LogP contribution in [-0.2, 0) is 24.2 Å². The number of aryl methyl sites for hydroxylation is 1. The van der Waals surface area contributed by atoms with Crippen molar-refractivity contribution in [3.8, 4) is 22.8 Å². The molecule has 2 aromatic carbocycles. The summed E-state index contributed by atoms with van der Waals surface area (Å²) in [5.74, 6) is 0.296. The number of carbonyl (C=O) groups is 1. The molecule has 38 heavy (non-hydrogen) atoms. The van der Waals surface area contributed by atoms with Crippen molar-refractivity contribution in [3.05, 3.63) is 77.0 Å². The van der Waals surface area contributed by atoms with Crippen LogP contribution in [0, 0.1) is 5.92 Å². The predicted molar refractivity (Wildman–Crippen MR) is 149 cm³/mol. The van der Waals surface area contributed by atoms with Crippen LogP contribution in [0.2, 0.25) is 0 Å². The minimum atomic E-state index is -0.773. The number of carboxylic acid groups (broad SMARTS) is 1. The third-order valence-corrected chi connectivity index (χ3v) is 8.12. The monoisotopic (exact) mass is 514 g/mol. The van der Waals surface area contributed by atoms with Crippen molar-refractivity contribution < 1.29 is 19.4 Å². The van der Waals surface area contributed by atoms with Gasteiger partial charge in [0.15, 0.2) is 0 Å². The lowest BCUT2D eigenvalue weighted by Crippen LogP contribution is -2.37. The highest BCUT2D eigenvalue weighted by molar-refractivity contribution is 5.70. The second-order valence-corrected chi connectivity index (χ2v) is 10.8. The van der Waals surface area contributed by atoms with E-state index in [0.29, 0.717) is 18.3 Å². The van der Waals surface area contributed by atoms with Gasteiger partial charge in [-0.05, 0) is 97.2 Å². The van der Waals surface area contributed by atoms with Crippen molar-refractivity contribution in [3.63, 3.8) is 0 Å². The van der Waals surface area contributed by atoms with E-state index in [-0.39, 0.29) is 6.10 Å². The number of pyridine rings is 1. The van der Waals surface area contributed by atoms with Crippen LogP contribution in [0.15, 0.2) is 54.7 Å². The molecule has 1 N–H and O–H groups in total. The number of ether oxygens (including phenoxy) is 2. The van der Waals surface area contributed by atoms with Gasteiger partial charge in [0, 0.05) is 24.8 Å². The summed E-state index contributed by atoms with van der Waals surface area (Å²) in [4.78, 5) is 18.2. The van der Waals surface area contributed by atoms with E-state index in [1.165, 1.54) is 36.0 Å². The van der Waals surface area contributed by atoms with Gasteiger partial charge in [-0.3, -0.25) is 9.69 Å². The molecule has 0 radical (unpaired) electrons. The number of rotatable bonds is 8. The summed E-state index contributed by atoms with van der Waals surface area (Å²) in [6.45, 7) is 6.10. The summed E-state index contributed by atoms with van der Waals surface area (Å²) < 4.78 is 12.0. The molecule has 0 spiro atoms. The smallest absolute Gasteiger partial charge is 0.306 e. The lowest BCUT2D eigenvalue weighted by Gasteiger charge is -2.35. The van der Waals surface area contributed by atoms with Crippen molar-refractivity contribution in [2.24, 2.45) is 5.92 Å². The van der Waals surface area contributed by atoms with Crippen LogP contribution in [0.1, 0.15) is 67.9 Å². The number of likely N-dealkylation sites (tertiary alicyclic amines) is 1. The molecule has 0 bridgehead atoms. The van der Waals surface area contributed by atoms with E-state index in [2.05, 4.69) is 41.1 Å². The van der Waals surface area contributed by atoms with Gasteiger partial charge in [0.05, 0.1) is 13.0 Å². The maximum Gasteiger partial charge on any atom is 0.306 e. The van der Waals surface area contributed by atoms with Crippen molar-refractivity contribution in [1.82, 2.24) is 9.88 Å². The first-order chi connectivity index (χ1) is 18.4. The Morgan fingerprint density at radius 1 is 1.13 bits per heavy atom. The molecule has 1 aromatic heterocycles. The zero-order valence-corrected chi connectivity index (χ0v) is 22.7. The Labute approximate surface area is 225 Å². The van der Waals surface area contributed by atoms with Crippen molar-refractivity contribution >= 4 is 5.97 Å². The average molecular weight is 515 g/mol. The molecule has 2 aliphatic heterocycles. The highest BCUT2D eigenvalue weighted by Gasteiger charge is 2.27. The second kappa shape index (κ2) is 11.6. The Morgan fingerprint density at radius 3 is 2.76 bits per heavy atom. The van der Waals surface area contributed by atoms with Gasteiger partial charge in [-0.15, -0.1) is 0 Å². The molecule has 2 unspecified atom stereocenters. The lowest BCUT2D eigenvalue weighted by molar-refractivity contribution is -0.141. The zero-order chi connectivity index (χ0) is 26.6. The molecular weight excluding hydrogens is 476 g/mol. The third kappa shape index (κ3) is 5.86. The summed E-state index contributed by atoms with van der Waals surface area (Å²) in [5.41, 5.74) is 6.97. The molecule has 1 fully saturated rings. The number of aliphatic carboxylic acids is 1. The number of hydrogen-bond donors (Lipinski definition) is 1. The van der Waals surface area contributed by atoms with Crippen molar-refractivity contribution in [2.75, 3.05) is 13.7 Å². The van der Waals surface area contributed by atoms with Crippen LogP contribution < -0.4 is 9.47 Å². The fraction of sp³-hybridized carbons (Fsp3) is 0.438. The third-order valence-electron chi connectivity index (χ3n) is 8.12. The first-order valence-corrected chi connectivity index (χ1v) is 13.8. The van der Waals surface area contributed by atoms with Gasteiger partial charge >= 0.3 is 5.97 Å². The molecule has 200 valence electrons. The fourth-order valence-corrected chi connectivity index (χ4v) is 5.75. The summed E-state index contributed by atoms with van der Waals surface area (Å²) in [6.07, 6.45) is 7.89. The Balaban J connectivity index is 1.46. The van der Waals surface area contributed by atoms with Gasteiger partial charge in [0.1, 0.15) is 11.9 Å². The van der Waals surface area contributed by atoms with Crippen molar-refractivity contribution in [1.29, 1.82) is 0 Å². The topological polar surface area (TPSA) is 71.9 Å². The quantitative estimate of drug-likeness (QED) is 0.372. The maximum absolute atomic E-state index is 11.4. The molecule has 6 nitrogen and oxygen atoms in total. The minimum absolute atomic E-state index is 0.0363. The second-order valence-electron chi connectivity index (χ2n) is 10.8. The fourth-order valence-electron chi connectivity index (χ4n) is 5.75. The van der Waals surface area contributed by atoms with Crippen LogP contribution in [-0.4, -0.2) is 40.7 Å². The van der Waals surface area contributed by atoms with E-state index < -0.39 is 11.9 Å². The largest absolute Gasteiger partial charge is 0.485 e. The van der Waals surface area contributed by atoms with Crippen LogP contribution >= 0.6 is 0 Å². The SMILES string of the molecule is COc1cc(-c2ccc(C3CCc4ccc(CC(C)C(=O)O)cc4O3)c(CN3CCCC[C@@H]3C)c2)ccn1. The highest BCUT2D eigenvalue weighted by Crippen LogP contribution is 2.39. The zero-order valence-electron chi connectivity index (χ0n) is 22.7. The molecule has 0 aliphatic carbocycles. The van der Waals surface area contributed by atoms with E-state index >= 15 is 0 Å². The van der Waals surface area contributed by atoms with Gasteiger partial charge in [0.25, 0.3) is 0 Å².